The third kappa shape index (κ3) is 3.13. The first-order valence-electron chi connectivity index (χ1n) is 6.50. The van der Waals surface area contributed by atoms with Gasteiger partial charge in [-0.05, 0) is 38.8 Å². The van der Waals surface area contributed by atoms with Crippen molar-refractivity contribution >= 4 is 6.03 Å². The van der Waals surface area contributed by atoms with Crippen LogP contribution in [0.15, 0.2) is 0 Å². The molecule has 94 valence electrons. The van der Waals surface area contributed by atoms with Gasteiger partial charge in [-0.25, -0.2) is 4.79 Å². The molecular weight excluding hydrogens is 214 g/mol. The van der Waals surface area contributed by atoms with Crippen molar-refractivity contribution in [1.29, 1.82) is 0 Å². The van der Waals surface area contributed by atoms with E-state index in [0.29, 0.717) is 0 Å². The van der Waals surface area contributed by atoms with Crippen LogP contribution in [0.3, 0.4) is 0 Å². The van der Waals surface area contributed by atoms with Gasteiger partial charge in [-0.15, -0.1) is 0 Å². The lowest BCUT2D eigenvalue weighted by atomic mass is 10.2. The van der Waals surface area contributed by atoms with Crippen LogP contribution < -0.4 is 5.32 Å². The molecule has 2 saturated heterocycles. The molecule has 17 heavy (non-hydrogen) atoms. The normalized spacial score (nSPS) is 24.5. The van der Waals surface area contributed by atoms with Gasteiger partial charge in [0.05, 0.1) is 12.6 Å². The highest BCUT2D eigenvalue weighted by Gasteiger charge is 2.26. The number of hydrogen-bond acceptors (Lipinski definition) is 2. The summed E-state index contributed by atoms with van der Waals surface area (Å²) in [4.78, 5) is 15.8. The van der Waals surface area contributed by atoms with E-state index in [4.69, 9.17) is 0 Å². The number of nitrogens with one attached hydrogen (secondary N) is 1. The Morgan fingerprint density at radius 2 is 2.06 bits per heavy atom. The van der Waals surface area contributed by atoms with Crippen LogP contribution in [0, 0.1) is 11.8 Å². The number of amides is 2. The van der Waals surface area contributed by atoms with Crippen molar-refractivity contribution in [3.8, 4) is 11.8 Å². The van der Waals surface area contributed by atoms with Crippen LogP contribution in [0.2, 0.25) is 0 Å². The first-order valence-corrected chi connectivity index (χ1v) is 6.50. The van der Waals surface area contributed by atoms with E-state index in [-0.39, 0.29) is 12.1 Å². The van der Waals surface area contributed by atoms with Gasteiger partial charge in [-0.1, -0.05) is 11.8 Å². The second-order valence-corrected chi connectivity index (χ2v) is 4.71. The zero-order valence-corrected chi connectivity index (χ0v) is 10.5. The van der Waals surface area contributed by atoms with Crippen LogP contribution >= 0.6 is 0 Å². The lowest BCUT2D eigenvalue weighted by Gasteiger charge is -2.19. The monoisotopic (exact) mass is 235 g/mol. The molecule has 0 aliphatic carbocycles. The Morgan fingerprint density at radius 1 is 1.29 bits per heavy atom. The summed E-state index contributed by atoms with van der Waals surface area (Å²) in [6.07, 6.45) is 4.68. The number of carbonyl (C=O) groups excluding carboxylic acids is 1. The second kappa shape index (κ2) is 5.92. The average Bonchev–Trinajstić information content (AvgIpc) is 2.99. The minimum Gasteiger partial charge on any atom is -0.341 e. The zero-order valence-electron chi connectivity index (χ0n) is 10.5. The summed E-state index contributed by atoms with van der Waals surface area (Å²) in [5, 5.41) is 2.68. The minimum atomic E-state index is 0.00275. The molecule has 1 atom stereocenters. The maximum absolute atomic E-state index is 11.6. The van der Waals surface area contributed by atoms with Crippen molar-refractivity contribution in [2.24, 2.45) is 0 Å². The summed E-state index contributed by atoms with van der Waals surface area (Å²) in [5.41, 5.74) is 0. The average molecular weight is 235 g/mol. The van der Waals surface area contributed by atoms with Crippen LogP contribution in [0.1, 0.15) is 25.7 Å². The maximum atomic E-state index is 11.6. The van der Waals surface area contributed by atoms with Crippen LogP contribution in [0.4, 0.5) is 4.79 Å². The molecule has 4 nitrogen and oxygen atoms in total. The Morgan fingerprint density at radius 3 is 2.76 bits per heavy atom. The van der Waals surface area contributed by atoms with Crippen molar-refractivity contribution in [1.82, 2.24) is 15.1 Å². The molecule has 2 aliphatic heterocycles. The van der Waals surface area contributed by atoms with E-state index in [2.05, 4.69) is 22.1 Å². The molecule has 2 rings (SSSR count). The Hall–Kier alpha value is -1.21. The largest absolute Gasteiger partial charge is 0.341 e. The van der Waals surface area contributed by atoms with Gasteiger partial charge in [0.2, 0.25) is 0 Å². The summed E-state index contributed by atoms with van der Waals surface area (Å²) in [6.45, 7) is 4.05. The van der Waals surface area contributed by atoms with E-state index in [0.717, 1.165) is 25.9 Å². The molecular formula is C13H21N3O. The molecule has 0 aromatic heterocycles. The van der Waals surface area contributed by atoms with Gasteiger partial charge in [0, 0.05) is 13.6 Å². The Kier molecular flexibility index (Phi) is 4.27. The van der Waals surface area contributed by atoms with Gasteiger partial charge in [-0.3, -0.25) is 4.90 Å². The van der Waals surface area contributed by atoms with E-state index in [1.54, 1.807) is 7.05 Å². The number of urea groups is 1. The van der Waals surface area contributed by atoms with Crippen molar-refractivity contribution in [2.75, 3.05) is 33.2 Å². The van der Waals surface area contributed by atoms with E-state index in [1.165, 1.54) is 25.9 Å². The molecule has 2 heterocycles. The highest BCUT2D eigenvalue weighted by atomic mass is 16.2. The summed E-state index contributed by atoms with van der Waals surface area (Å²) in [5.74, 6) is 6.48. The lowest BCUT2D eigenvalue weighted by molar-refractivity contribution is 0.204. The SMILES string of the molecule is CNC(=O)N1CCC[C@@H]1C#CCN1CCCC1. The van der Waals surface area contributed by atoms with Crippen LogP contribution in [0.25, 0.3) is 0 Å². The van der Waals surface area contributed by atoms with Gasteiger partial charge in [-0.2, -0.15) is 0 Å². The first kappa shape index (κ1) is 12.3. The fourth-order valence-corrected chi connectivity index (χ4v) is 2.52. The number of nitrogens with zero attached hydrogens (tertiary/aromatic N) is 2. The number of hydrogen-bond donors (Lipinski definition) is 1. The number of likely N-dealkylation sites (tertiary alicyclic amines) is 2. The molecule has 2 aliphatic rings. The Balaban J connectivity index is 1.84. The predicted molar refractivity (Wildman–Crippen MR) is 67.6 cm³/mol. The predicted octanol–water partition coefficient (Wildman–Crippen LogP) is 0.889. The van der Waals surface area contributed by atoms with Crippen molar-refractivity contribution in [3.63, 3.8) is 0 Å². The summed E-state index contributed by atoms with van der Waals surface area (Å²) in [7, 11) is 1.68. The molecule has 2 fully saturated rings. The summed E-state index contributed by atoms with van der Waals surface area (Å²) >= 11 is 0. The molecule has 0 radical (unpaired) electrons. The van der Waals surface area contributed by atoms with Crippen molar-refractivity contribution < 1.29 is 4.79 Å². The lowest BCUT2D eigenvalue weighted by Crippen LogP contribution is -2.40. The van der Waals surface area contributed by atoms with E-state index in [9.17, 15) is 4.79 Å². The van der Waals surface area contributed by atoms with Gasteiger partial charge >= 0.3 is 6.03 Å². The van der Waals surface area contributed by atoms with E-state index in [1.807, 2.05) is 4.90 Å². The van der Waals surface area contributed by atoms with Crippen molar-refractivity contribution in [3.05, 3.63) is 0 Å². The summed E-state index contributed by atoms with van der Waals surface area (Å²) < 4.78 is 0. The molecule has 0 unspecified atom stereocenters. The maximum Gasteiger partial charge on any atom is 0.318 e. The van der Waals surface area contributed by atoms with Gasteiger partial charge in [0.1, 0.15) is 0 Å². The molecule has 0 aromatic carbocycles. The Bertz CT molecular complexity index is 325. The third-order valence-corrected chi connectivity index (χ3v) is 3.50. The van der Waals surface area contributed by atoms with Gasteiger partial charge < -0.3 is 10.2 Å². The molecule has 2 amide bonds. The fraction of sp³-hybridized carbons (Fsp3) is 0.769. The van der Waals surface area contributed by atoms with Crippen LogP contribution in [-0.4, -0.2) is 55.1 Å². The molecule has 0 aromatic rings. The second-order valence-electron chi connectivity index (χ2n) is 4.71. The van der Waals surface area contributed by atoms with E-state index >= 15 is 0 Å². The first-order chi connectivity index (χ1) is 8.31. The highest BCUT2D eigenvalue weighted by Crippen LogP contribution is 2.16. The zero-order chi connectivity index (χ0) is 12.1. The molecule has 0 saturated carbocycles. The number of carbonyl (C=O) groups is 1. The molecule has 0 bridgehead atoms. The summed E-state index contributed by atoms with van der Waals surface area (Å²) in [6, 6.07) is 0.125. The molecule has 4 heteroatoms. The fourth-order valence-electron chi connectivity index (χ4n) is 2.52. The van der Waals surface area contributed by atoms with Crippen LogP contribution in [-0.2, 0) is 0 Å². The van der Waals surface area contributed by atoms with E-state index < -0.39 is 0 Å². The smallest absolute Gasteiger partial charge is 0.318 e. The standard InChI is InChI=1S/C13H21N3O/c1-14-13(17)16-11-5-7-12(16)6-4-10-15-8-2-3-9-15/h12H,2-3,5,7-11H2,1H3,(H,14,17)/t12-/m0/s1. The highest BCUT2D eigenvalue weighted by molar-refractivity contribution is 5.75. The minimum absolute atomic E-state index is 0.00275. The Labute approximate surface area is 103 Å². The van der Waals surface area contributed by atoms with Gasteiger partial charge in [0.25, 0.3) is 0 Å². The topological polar surface area (TPSA) is 35.6 Å². The van der Waals surface area contributed by atoms with Gasteiger partial charge in [0.15, 0.2) is 0 Å². The molecule has 1 N–H and O–H groups in total. The van der Waals surface area contributed by atoms with Crippen molar-refractivity contribution in [2.45, 2.75) is 31.7 Å². The molecule has 0 spiro atoms. The number of rotatable bonds is 1. The third-order valence-electron chi connectivity index (χ3n) is 3.50. The van der Waals surface area contributed by atoms with Crippen LogP contribution in [0.5, 0.6) is 0 Å². The quantitative estimate of drug-likeness (QED) is 0.685.